The summed E-state index contributed by atoms with van der Waals surface area (Å²) in [4.78, 5) is 32.4. The average Bonchev–Trinajstić information content (AvgIpc) is 2.34. The molecule has 5 heteroatoms. The molecule has 0 saturated carbocycles. The molecular formula is C8H11NO4. The van der Waals surface area contributed by atoms with Gasteiger partial charge in [-0.3, -0.25) is 9.59 Å². The summed E-state index contributed by atoms with van der Waals surface area (Å²) in [5, 5.41) is 2.43. The van der Waals surface area contributed by atoms with Gasteiger partial charge in [0.15, 0.2) is 0 Å². The Bertz CT molecular complexity index is 249. The number of ether oxygens (including phenoxy) is 1. The van der Waals surface area contributed by atoms with Crippen molar-refractivity contribution in [1.82, 2.24) is 5.32 Å². The minimum Gasteiger partial charge on any atom is -0.464 e. The van der Waals surface area contributed by atoms with Gasteiger partial charge in [0.25, 0.3) is 0 Å². The maximum absolute atomic E-state index is 11.0. The van der Waals surface area contributed by atoms with Crippen LogP contribution in [0.25, 0.3) is 0 Å². The number of carbonyl (C=O) groups excluding carboxylic acids is 3. The van der Waals surface area contributed by atoms with Gasteiger partial charge in [-0.25, -0.2) is 4.79 Å². The number of amides is 1. The molecule has 1 aliphatic heterocycles. The summed E-state index contributed by atoms with van der Waals surface area (Å²) >= 11 is 0. The van der Waals surface area contributed by atoms with Gasteiger partial charge in [0, 0.05) is 6.42 Å². The molecule has 1 saturated heterocycles. The summed E-state index contributed by atoms with van der Waals surface area (Å²) in [6.07, 6.45) is 0.312. The molecule has 1 atom stereocenters. The molecule has 1 amide bonds. The number of cyclic esters (lactones) is 1. The fourth-order valence-corrected chi connectivity index (χ4v) is 1.10. The van der Waals surface area contributed by atoms with Crippen molar-refractivity contribution < 1.29 is 19.1 Å². The van der Waals surface area contributed by atoms with E-state index in [9.17, 15) is 14.4 Å². The molecule has 0 aromatic heterocycles. The minimum absolute atomic E-state index is 0.177. The van der Waals surface area contributed by atoms with Crippen LogP contribution in [0.5, 0.6) is 0 Å². The van der Waals surface area contributed by atoms with Gasteiger partial charge >= 0.3 is 5.97 Å². The van der Waals surface area contributed by atoms with E-state index in [1.54, 1.807) is 0 Å². The normalized spacial score (nSPS) is 21.0. The molecule has 72 valence electrons. The van der Waals surface area contributed by atoms with E-state index < -0.39 is 17.9 Å². The topological polar surface area (TPSA) is 72.5 Å². The fraction of sp³-hybridized carbons (Fsp3) is 0.625. The van der Waals surface area contributed by atoms with Gasteiger partial charge in [-0.15, -0.1) is 0 Å². The van der Waals surface area contributed by atoms with Crippen molar-refractivity contribution in [2.75, 3.05) is 6.61 Å². The van der Waals surface area contributed by atoms with Gasteiger partial charge in [0.1, 0.15) is 11.8 Å². The van der Waals surface area contributed by atoms with Gasteiger partial charge in [-0.1, -0.05) is 0 Å². The Hall–Kier alpha value is -1.39. The maximum atomic E-state index is 11.0. The van der Waals surface area contributed by atoms with Crippen molar-refractivity contribution >= 4 is 17.7 Å². The second-order valence-corrected chi connectivity index (χ2v) is 2.96. The van der Waals surface area contributed by atoms with Crippen LogP contribution in [0.1, 0.15) is 19.8 Å². The van der Waals surface area contributed by atoms with Crippen molar-refractivity contribution in [3.63, 3.8) is 0 Å². The highest BCUT2D eigenvalue weighted by Crippen LogP contribution is 2.05. The predicted octanol–water partition coefficient (Wildman–Crippen LogP) is -0.603. The Balaban J connectivity index is 2.35. The summed E-state index contributed by atoms with van der Waals surface area (Å²) in [7, 11) is 0. The Morgan fingerprint density at radius 3 is 2.77 bits per heavy atom. The Morgan fingerprint density at radius 2 is 2.31 bits per heavy atom. The summed E-state index contributed by atoms with van der Waals surface area (Å²) in [5.74, 6) is -1.06. The lowest BCUT2D eigenvalue weighted by molar-refractivity contribution is -0.141. The van der Waals surface area contributed by atoms with Crippen molar-refractivity contribution in [3.8, 4) is 0 Å². The van der Waals surface area contributed by atoms with E-state index in [2.05, 4.69) is 10.1 Å². The molecule has 5 nitrogen and oxygen atoms in total. The molecule has 1 heterocycles. The van der Waals surface area contributed by atoms with Crippen molar-refractivity contribution in [2.24, 2.45) is 0 Å². The standard InChI is InChI=1S/C8H11NO4/c1-5(10)4-7(11)9-6-2-3-13-8(6)12/h6H,2-4H2,1H3,(H,9,11). The third-order valence-electron chi connectivity index (χ3n) is 1.68. The Labute approximate surface area is 75.4 Å². The van der Waals surface area contributed by atoms with E-state index in [4.69, 9.17) is 0 Å². The Morgan fingerprint density at radius 1 is 1.62 bits per heavy atom. The molecular weight excluding hydrogens is 174 g/mol. The first-order valence-electron chi connectivity index (χ1n) is 4.05. The third kappa shape index (κ3) is 2.85. The van der Waals surface area contributed by atoms with Gasteiger partial charge in [0.2, 0.25) is 5.91 Å². The Kier molecular flexibility index (Phi) is 3.00. The number of carbonyl (C=O) groups is 3. The first kappa shape index (κ1) is 9.70. The molecule has 0 bridgehead atoms. The van der Waals surface area contributed by atoms with Crippen LogP contribution in [-0.4, -0.2) is 30.3 Å². The van der Waals surface area contributed by atoms with E-state index in [-0.39, 0.29) is 12.2 Å². The molecule has 0 radical (unpaired) electrons. The second-order valence-electron chi connectivity index (χ2n) is 2.96. The smallest absolute Gasteiger partial charge is 0.328 e. The molecule has 1 fully saturated rings. The molecule has 1 unspecified atom stereocenters. The third-order valence-corrected chi connectivity index (χ3v) is 1.68. The second kappa shape index (κ2) is 4.02. The lowest BCUT2D eigenvalue weighted by Crippen LogP contribution is -2.38. The number of hydrogen-bond acceptors (Lipinski definition) is 4. The number of rotatable bonds is 3. The lowest BCUT2D eigenvalue weighted by Gasteiger charge is -2.06. The van der Waals surface area contributed by atoms with Crippen LogP contribution in [0.3, 0.4) is 0 Å². The van der Waals surface area contributed by atoms with E-state index in [1.165, 1.54) is 6.92 Å². The van der Waals surface area contributed by atoms with Gasteiger partial charge < -0.3 is 10.1 Å². The minimum atomic E-state index is -0.563. The summed E-state index contributed by atoms with van der Waals surface area (Å²) < 4.78 is 4.63. The molecule has 1 rings (SSSR count). The van der Waals surface area contributed by atoms with Crippen LogP contribution < -0.4 is 5.32 Å². The molecule has 1 N–H and O–H groups in total. The number of ketones is 1. The van der Waals surface area contributed by atoms with Crippen molar-refractivity contribution in [3.05, 3.63) is 0 Å². The molecule has 0 aliphatic carbocycles. The molecule has 0 aromatic carbocycles. The van der Waals surface area contributed by atoms with Gasteiger partial charge in [-0.05, 0) is 6.92 Å². The lowest BCUT2D eigenvalue weighted by atomic mass is 10.2. The van der Waals surface area contributed by atoms with E-state index in [0.29, 0.717) is 13.0 Å². The van der Waals surface area contributed by atoms with Crippen LogP contribution in [0, 0.1) is 0 Å². The zero-order chi connectivity index (χ0) is 9.84. The largest absolute Gasteiger partial charge is 0.464 e. The van der Waals surface area contributed by atoms with Crippen molar-refractivity contribution in [2.45, 2.75) is 25.8 Å². The highest BCUT2D eigenvalue weighted by Gasteiger charge is 2.27. The van der Waals surface area contributed by atoms with Crippen molar-refractivity contribution in [1.29, 1.82) is 0 Å². The molecule has 0 spiro atoms. The predicted molar refractivity (Wildman–Crippen MR) is 42.8 cm³/mol. The van der Waals surface area contributed by atoms with Gasteiger partial charge in [0.05, 0.1) is 13.0 Å². The summed E-state index contributed by atoms with van der Waals surface area (Å²) in [6, 6.07) is -0.563. The zero-order valence-corrected chi connectivity index (χ0v) is 7.33. The number of Topliss-reactive ketones (excluding diaryl/α,β-unsaturated/α-hetero) is 1. The number of nitrogens with one attached hydrogen (secondary N) is 1. The highest BCUT2D eigenvalue weighted by molar-refractivity contribution is 5.98. The summed E-state index contributed by atoms with van der Waals surface area (Å²) in [6.45, 7) is 1.66. The average molecular weight is 185 g/mol. The van der Waals surface area contributed by atoms with E-state index in [1.807, 2.05) is 0 Å². The number of esters is 1. The quantitative estimate of drug-likeness (QED) is 0.470. The van der Waals surface area contributed by atoms with Crippen LogP contribution in [0.2, 0.25) is 0 Å². The monoisotopic (exact) mass is 185 g/mol. The van der Waals surface area contributed by atoms with E-state index >= 15 is 0 Å². The number of hydrogen-bond donors (Lipinski definition) is 1. The van der Waals surface area contributed by atoms with Crippen LogP contribution >= 0.6 is 0 Å². The molecule has 0 aromatic rings. The summed E-state index contributed by atoms with van der Waals surface area (Å²) in [5.41, 5.74) is 0. The first-order chi connectivity index (χ1) is 6.09. The molecule has 13 heavy (non-hydrogen) atoms. The van der Waals surface area contributed by atoms with Gasteiger partial charge in [-0.2, -0.15) is 0 Å². The molecule has 1 aliphatic rings. The van der Waals surface area contributed by atoms with Crippen LogP contribution in [0.15, 0.2) is 0 Å². The maximum Gasteiger partial charge on any atom is 0.328 e. The zero-order valence-electron chi connectivity index (χ0n) is 7.33. The SMILES string of the molecule is CC(=O)CC(=O)NC1CCOC1=O. The first-order valence-corrected chi connectivity index (χ1v) is 4.05. The fourth-order valence-electron chi connectivity index (χ4n) is 1.10. The van der Waals surface area contributed by atoms with Crippen LogP contribution in [0.4, 0.5) is 0 Å². The van der Waals surface area contributed by atoms with Crippen LogP contribution in [-0.2, 0) is 19.1 Å². The van der Waals surface area contributed by atoms with E-state index in [0.717, 1.165) is 0 Å². The highest BCUT2D eigenvalue weighted by atomic mass is 16.5.